The minimum atomic E-state index is 0.121. The smallest absolute Gasteiger partial charge is 0.0681 e. The number of aliphatic hydroxyl groups excluding tert-OH is 1. The van der Waals surface area contributed by atoms with Crippen molar-refractivity contribution in [1.29, 1.82) is 0 Å². The molecule has 0 radical (unpaired) electrons. The van der Waals surface area contributed by atoms with E-state index in [0.29, 0.717) is 0 Å². The highest BCUT2D eigenvalue weighted by Gasteiger charge is 2.00. The van der Waals surface area contributed by atoms with Crippen LogP contribution in [0.5, 0.6) is 0 Å². The van der Waals surface area contributed by atoms with E-state index in [1.165, 1.54) is 14.6 Å². The van der Waals surface area contributed by atoms with Crippen LogP contribution in [0.25, 0.3) is 0 Å². The van der Waals surface area contributed by atoms with E-state index in [-0.39, 0.29) is 6.61 Å². The van der Waals surface area contributed by atoms with Gasteiger partial charge in [0.2, 0.25) is 0 Å². The largest absolute Gasteiger partial charge is 0.392 e. The number of thiophene rings is 1. The van der Waals surface area contributed by atoms with Crippen molar-refractivity contribution >= 4 is 23.1 Å². The van der Waals surface area contributed by atoms with Crippen molar-refractivity contribution in [2.24, 2.45) is 0 Å². The Morgan fingerprint density at radius 2 is 1.76 bits per heavy atom. The molecule has 0 atom stereocenters. The lowest BCUT2D eigenvalue weighted by Gasteiger charge is -2.01. The van der Waals surface area contributed by atoms with E-state index >= 15 is 0 Å². The van der Waals surface area contributed by atoms with Gasteiger partial charge in [-0.3, -0.25) is 0 Å². The minimum absolute atomic E-state index is 0.121. The Labute approximate surface area is 111 Å². The first-order valence-corrected chi connectivity index (χ1v) is 7.52. The maximum Gasteiger partial charge on any atom is 0.0681 e. The van der Waals surface area contributed by atoms with E-state index in [9.17, 15) is 0 Å². The van der Waals surface area contributed by atoms with Gasteiger partial charge in [-0.05, 0) is 36.2 Å². The van der Waals surface area contributed by atoms with Crippen LogP contribution >= 0.6 is 23.1 Å². The first kappa shape index (κ1) is 12.7. The molecule has 0 unspecified atom stereocenters. The summed E-state index contributed by atoms with van der Waals surface area (Å²) in [6, 6.07) is 12.5. The predicted molar refractivity (Wildman–Crippen MR) is 75.6 cm³/mol. The number of hydrogen-bond donors (Lipinski definition) is 1. The Kier molecular flexibility index (Phi) is 4.66. The highest BCUT2D eigenvalue weighted by atomic mass is 32.2. The molecule has 1 N–H and O–H groups in total. The SMILES string of the molecule is CCc1ccc(CSc2ccc(CO)cc2)s1. The molecule has 0 aliphatic carbocycles. The van der Waals surface area contributed by atoms with Gasteiger partial charge in [0, 0.05) is 20.4 Å². The molecular formula is C14H16OS2. The molecule has 3 heteroatoms. The van der Waals surface area contributed by atoms with Crippen molar-refractivity contribution < 1.29 is 5.11 Å². The van der Waals surface area contributed by atoms with Gasteiger partial charge in [0.05, 0.1) is 6.61 Å². The molecule has 2 aromatic rings. The molecule has 0 aliphatic heterocycles. The second kappa shape index (κ2) is 6.24. The monoisotopic (exact) mass is 264 g/mol. The quantitative estimate of drug-likeness (QED) is 0.821. The van der Waals surface area contributed by atoms with E-state index in [1.54, 1.807) is 0 Å². The first-order chi connectivity index (χ1) is 8.31. The Bertz CT molecular complexity index is 459. The highest BCUT2D eigenvalue weighted by molar-refractivity contribution is 7.98. The predicted octanol–water partition coefficient (Wildman–Crippen LogP) is 4.10. The van der Waals surface area contributed by atoms with Crippen LogP contribution in [-0.4, -0.2) is 5.11 Å². The zero-order valence-electron chi connectivity index (χ0n) is 9.85. The van der Waals surface area contributed by atoms with Crippen LogP contribution in [0.4, 0.5) is 0 Å². The van der Waals surface area contributed by atoms with E-state index < -0.39 is 0 Å². The standard InChI is InChI=1S/C14H16OS2/c1-2-12-7-8-14(17-12)10-16-13-5-3-11(9-15)4-6-13/h3-8,15H,2,9-10H2,1H3. The molecule has 0 saturated heterocycles. The van der Waals surface area contributed by atoms with Crippen molar-refractivity contribution in [3.8, 4) is 0 Å². The lowest BCUT2D eigenvalue weighted by Crippen LogP contribution is -1.81. The summed E-state index contributed by atoms with van der Waals surface area (Å²) < 4.78 is 0. The van der Waals surface area contributed by atoms with Crippen molar-refractivity contribution in [2.75, 3.05) is 0 Å². The van der Waals surface area contributed by atoms with Crippen LogP contribution in [0.3, 0.4) is 0 Å². The summed E-state index contributed by atoms with van der Waals surface area (Å²) in [6.45, 7) is 2.31. The van der Waals surface area contributed by atoms with Crippen LogP contribution in [-0.2, 0) is 18.8 Å². The summed E-state index contributed by atoms with van der Waals surface area (Å²) in [4.78, 5) is 4.14. The van der Waals surface area contributed by atoms with Gasteiger partial charge < -0.3 is 5.11 Å². The first-order valence-electron chi connectivity index (χ1n) is 5.72. The number of aryl methyl sites for hydroxylation is 1. The van der Waals surface area contributed by atoms with E-state index in [2.05, 4.69) is 31.2 Å². The molecule has 0 aliphatic rings. The van der Waals surface area contributed by atoms with Gasteiger partial charge in [0.1, 0.15) is 0 Å². The van der Waals surface area contributed by atoms with Crippen molar-refractivity contribution in [3.63, 3.8) is 0 Å². The minimum Gasteiger partial charge on any atom is -0.392 e. The maximum absolute atomic E-state index is 8.96. The maximum atomic E-state index is 8.96. The second-order valence-electron chi connectivity index (χ2n) is 3.81. The topological polar surface area (TPSA) is 20.2 Å². The van der Waals surface area contributed by atoms with Crippen LogP contribution in [0.1, 0.15) is 22.2 Å². The fourth-order valence-corrected chi connectivity index (χ4v) is 3.43. The number of aliphatic hydroxyl groups is 1. The number of benzene rings is 1. The molecule has 1 nitrogen and oxygen atoms in total. The fourth-order valence-electron chi connectivity index (χ4n) is 1.54. The molecule has 1 heterocycles. The van der Waals surface area contributed by atoms with E-state index in [1.807, 2.05) is 35.2 Å². The molecule has 0 saturated carbocycles. The number of hydrogen-bond acceptors (Lipinski definition) is 3. The summed E-state index contributed by atoms with van der Waals surface area (Å²) in [5.74, 6) is 1.03. The Hall–Kier alpha value is -0.770. The van der Waals surface area contributed by atoms with Gasteiger partial charge in [0.25, 0.3) is 0 Å². The molecule has 1 aromatic carbocycles. The summed E-state index contributed by atoms with van der Waals surface area (Å²) in [5.41, 5.74) is 0.971. The van der Waals surface area contributed by atoms with Crippen LogP contribution < -0.4 is 0 Å². The average molecular weight is 264 g/mol. The number of thioether (sulfide) groups is 1. The van der Waals surface area contributed by atoms with Crippen molar-refractivity contribution in [1.82, 2.24) is 0 Å². The Balaban J connectivity index is 1.92. The third-order valence-corrected chi connectivity index (χ3v) is 5.03. The van der Waals surface area contributed by atoms with Crippen LogP contribution in [0.2, 0.25) is 0 Å². The zero-order chi connectivity index (χ0) is 12.1. The van der Waals surface area contributed by atoms with E-state index in [4.69, 9.17) is 5.11 Å². The highest BCUT2D eigenvalue weighted by Crippen LogP contribution is 2.27. The van der Waals surface area contributed by atoms with Gasteiger partial charge >= 0.3 is 0 Å². The second-order valence-corrected chi connectivity index (χ2v) is 6.11. The van der Waals surface area contributed by atoms with Crippen molar-refractivity contribution in [3.05, 3.63) is 51.7 Å². The zero-order valence-corrected chi connectivity index (χ0v) is 11.5. The third kappa shape index (κ3) is 3.60. The fraction of sp³-hybridized carbons (Fsp3) is 0.286. The molecule has 0 amide bonds. The van der Waals surface area contributed by atoms with E-state index in [0.717, 1.165) is 17.7 Å². The van der Waals surface area contributed by atoms with Crippen molar-refractivity contribution in [2.45, 2.75) is 30.6 Å². The van der Waals surface area contributed by atoms with Gasteiger partial charge in [0.15, 0.2) is 0 Å². The molecule has 90 valence electrons. The Morgan fingerprint density at radius 1 is 1.06 bits per heavy atom. The number of rotatable bonds is 5. The molecule has 17 heavy (non-hydrogen) atoms. The molecule has 2 rings (SSSR count). The van der Waals surface area contributed by atoms with Crippen LogP contribution in [0, 0.1) is 0 Å². The summed E-state index contributed by atoms with van der Waals surface area (Å²) in [6.07, 6.45) is 1.13. The van der Waals surface area contributed by atoms with Gasteiger partial charge in [-0.25, -0.2) is 0 Å². The molecule has 0 fully saturated rings. The summed E-state index contributed by atoms with van der Waals surface area (Å²) >= 11 is 3.74. The average Bonchev–Trinajstić information content (AvgIpc) is 2.85. The van der Waals surface area contributed by atoms with Gasteiger partial charge in [-0.15, -0.1) is 23.1 Å². The molecule has 0 bridgehead atoms. The lowest BCUT2D eigenvalue weighted by molar-refractivity contribution is 0.282. The molecule has 0 spiro atoms. The van der Waals surface area contributed by atoms with Gasteiger partial charge in [-0.2, -0.15) is 0 Å². The molecular weight excluding hydrogens is 248 g/mol. The lowest BCUT2D eigenvalue weighted by atomic mass is 10.2. The normalized spacial score (nSPS) is 10.7. The Morgan fingerprint density at radius 3 is 2.35 bits per heavy atom. The van der Waals surface area contributed by atoms with Crippen LogP contribution in [0.15, 0.2) is 41.3 Å². The molecule has 1 aromatic heterocycles. The summed E-state index contributed by atoms with van der Waals surface area (Å²) in [7, 11) is 0. The third-order valence-electron chi connectivity index (χ3n) is 2.55. The van der Waals surface area contributed by atoms with Gasteiger partial charge in [-0.1, -0.05) is 19.1 Å². The summed E-state index contributed by atoms with van der Waals surface area (Å²) in [5, 5.41) is 8.96.